The minimum atomic E-state index is -0.0277. The van der Waals surface area contributed by atoms with Crippen molar-refractivity contribution in [2.24, 2.45) is 23.7 Å². The van der Waals surface area contributed by atoms with Crippen LogP contribution in [0.1, 0.15) is 43.2 Å². The molecule has 4 aliphatic carbocycles. The van der Waals surface area contributed by atoms with Gasteiger partial charge in [0, 0.05) is 50.0 Å². The number of pyridine rings is 1. The second-order valence-electron chi connectivity index (χ2n) is 16.5. The predicted octanol–water partition coefficient (Wildman–Crippen LogP) is 12.4. The Labute approximate surface area is 320 Å². The first-order valence-corrected chi connectivity index (χ1v) is 20.0. The van der Waals surface area contributed by atoms with Crippen LogP contribution in [0.15, 0.2) is 158 Å². The van der Waals surface area contributed by atoms with Crippen LogP contribution in [-0.2, 0) is 5.41 Å². The van der Waals surface area contributed by atoms with Gasteiger partial charge in [0.25, 0.3) is 0 Å². The van der Waals surface area contributed by atoms with Crippen molar-refractivity contribution in [2.75, 3.05) is 0 Å². The van der Waals surface area contributed by atoms with Gasteiger partial charge in [0.2, 0.25) is 0 Å². The van der Waals surface area contributed by atoms with Gasteiger partial charge in [-0.25, -0.2) is 9.97 Å². The summed E-state index contributed by atoms with van der Waals surface area (Å²) in [6.45, 7) is 0. The van der Waals surface area contributed by atoms with Crippen molar-refractivity contribution in [3.05, 3.63) is 169 Å². The van der Waals surface area contributed by atoms with Gasteiger partial charge in [-0.05, 0) is 109 Å². The lowest BCUT2D eigenvalue weighted by molar-refractivity contribution is -0.0417. The highest BCUT2D eigenvalue weighted by molar-refractivity contribution is 6.09. The number of nitrogens with zero attached hydrogens (tertiary/aromatic N) is 4. The molecule has 55 heavy (non-hydrogen) atoms. The Morgan fingerprint density at radius 3 is 2.04 bits per heavy atom. The van der Waals surface area contributed by atoms with Crippen LogP contribution in [0.5, 0.6) is 0 Å². The van der Waals surface area contributed by atoms with Crippen molar-refractivity contribution in [1.29, 1.82) is 0 Å². The fraction of sp³-hybridized carbons (Fsp3) is 0.196. The monoisotopic (exact) mass is 708 g/mol. The molecule has 3 heterocycles. The molecule has 3 aromatic heterocycles. The molecular formula is C51H40N4. The van der Waals surface area contributed by atoms with Gasteiger partial charge in [-0.15, -0.1) is 0 Å². The third kappa shape index (κ3) is 4.61. The first-order valence-electron chi connectivity index (χ1n) is 20.0. The largest absolute Gasteiger partial charge is 0.309 e. The fourth-order valence-corrected chi connectivity index (χ4v) is 11.7. The number of para-hydroxylation sites is 4. The van der Waals surface area contributed by atoms with E-state index in [1.807, 2.05) is 12.3 Å². The van der Waals surface area contributed by atoms with Gasteiger partial charge in [0.05, 0.1) is 27.8 Å². The highest BCUT2D eigenvalue weighted by Gasteiger charge is 2.58. The first-order chi connectivity index (χ1) is 27.2. The van der Waals surface area contributed by atoms with E-state index in [1.165, 1.54) is 70.7 Å². The van der Waals surface area contributed by atoms with E-state index in [1.54, 1.807) is 0 Å². The van der Waals surface area contributed by atoms with Crippen LogP contribution in [0.25, 0.3) is 71.9 Å². The summed E-state index contributed by atoms with van der Waals surface area (Å²) < 4.78 is 2.44. The Balaban J connectivity index is 1.03. The van der Waals surface area contributed by atoms with E-state index in [-0.39, 0.29) is 5.41 Å². The average molecular weight is 709 g/mol. The molecule has 4 fully saturated rings. The number of fused-ring (bicyclic) bond motifs is 5. The summed E-state index contributed by atoms with van der Waals surface area (Å²) in [6.07, 6.45) is 8.61. The second kappa shape index (κ2) is 11.9. The smallest absolute Gasteiger partial charge is 0.160 e. The maximum atomic E-state index is 5.32. The maximum Gasteiger partial charge on any atom is 0.160 e. The van der Waals surface area contributed by atoms with Crippen molar-refractivity contribution in [2.45, 2.75) is 37.5 Å². The molecule has 6 aromatic carbocycles. The van der Waals surface area contributed by atoms with Crippen molar-refractivity contribution in [1.82, 2.24) is 19.5 Å². The number of benzene rings is 6. The lowest BCUT2D eigenvalue weighted by Gasteiger charge is -2.62. The molecule has 0 atom stereocenters. The SMILES string of the molecule is c1ccc(-n2c3ccccc3c3cc(C4(c5ccc(-c6nc(-c7cccc8cccnc78)c7ccccc7n6)cc5)C5CC6CC(C5)CC4C6)ccc32)cc1. The number of hydrogen-bond donors (Lipinski definition) is 0. The molecule has 13 rings (SSSR count). The van der Waals surface area contributed by atoms with Crippen LogP contribution in [-0.4, -0.2) is 19.5 Å². The summed E-state index contributed by atoms with van der Waals surface area (Å²) in [7, 11) is 0. The summed E-state index contributed by atoms with van der Waals surface area (Å²) in [5, 5.41) is 4.82. The number of aromatic nitrogens is 4. The minimum absolute atomic E-state index is 0.0277. The Bertz CT molecular complexity index is 2910. The normalized spacial score (nSPS) is 23.0. The molecule has 0 unspecified atom stereocenters. The zero-order valence-corrected chi connectivity index (χ0v) is 30.6. The molecule has 4 bridgehead atoms. The van der Waals surface area contributed by atoms with Gasteiger partial charge >= 0.3 is 0 Å². The first kappa shape index (κ1) is 31.2. The quantitative estimate of drug-likeness (QED) is 0.179. The van der Waals surface area contributed by atoms with Gasteiger partial charge in [0.1, 0.15) is 0 Å². The molecule has 264 valence electrons. The van der Waals surface area contributed by atoms with Gasteiger partial charge in [-0.2, -0.15) is 0 Å². The van der Waals surface area contributed by atoms with E-state index in [9.17, 15) is 0 Å². The zero-order valence-electron chi connectivity index (χ0n) is 30.6. The van der Waals surface area contributed by atoms with Gasteiger partial charge in [-0.1, -0.05) is 109 Å². The minimum Gasteiger partial charge on any atom is -0.309 e. The Hall–Kier alpha value is -6.13. The summed E-state index contributed by atoms with van der Waals surface area (Å²) in [5.41, 5.74) is 11.6. The molecule has 4 heteroatoms. The molecule has 0 amide bonds. The highest BCUT2D eigenvalue weighted by atomic mass is 15.0. The Morgan fingerprint density at radius 2 is 1.22 bits per heavy atom. The van der Waals surface area contributed by atoms with Gasteiger partial charge < -0.3 is 4.57 Å². The maximum absolute atomic E-state index is 5.32. The standard InChI is InChI=1S/C51H40N4/c1-2-12-40(13-3-1)55-46-18-7-5-14-41(46)44-31-37(23-24-47(44)55)51(38-27-32-26-33(29-38)30-39(51)28-32)36-21-19-35(20-22-36)50-53-45-17-6-4-15-42(45)49(54-50)43-16-8-10-34-11-9-25-52-48(34)43/h1-25,31-33,38-39H,26-30H2. The molecule has 0 radical (unpaired) electrons. The van der Waals surface area contributed by atoms with Crippen molar-refractivity contribution in [3.8, 4) is 28.3 Å². The second-order valence-corrected chi connectivity index (χ2v) is 16.5. The molecule has 4 saturated carbocycles. The molecule has 4 nitrogen and oxygen atoms in total. The van der Waals surface area contributed by atoms with Crippen LogP contribution in [0.3, 0.4) is 0 Å². The Morgan fingerprint density at radius 1 is 0.527 bits per heavy atom. The third-order valence-corrected chi connectivity index (χ3v) is 13.7. The van der Waals surface area contributed by atoms with Gasteiger partial charge in [-0.3, -0.25) is 4.98 Å². The average Bonchev–Trinajstić information content (AvgIpc) is 3.57. The van der Waals surface area contributed by atoms with E-state index in [0.717, 1.165) is 56.3 Å². The lowest BCUT2D eigenvalue weighted by Crippen LogP contribution is -2.56. The molecule has 0 N–H and O–H groups in total. The summed E-state index contributed by atoms with van der Waals surface area (Å²) >= 11 is 0. The van der Waals surface area contributed by atoms with E-state index in [4.69, 9.17) is 15.0 Å². The molecule has 0 aliphatic heterocycles. The number of rotatable bonds is 5. The van der Waals surface area contributed by atoms with Crippen molar-refractivity contribution < 1.29 is 0 Å². The van der Waals surface area contributed by atoms with Crippen LogP contribution >= 0.6 is 0 Å². The third-order valence-electron chi connectivity index (χ3n) is 13.7. The van der Waals surface area contributed by atoms with Crippen molar-refractivity contribution >= 4 is 43.6 Å². The van der Waals surface area contributed by atoms with Gasteiger partial charge in [0.15, 0.2) is 5.82 Å². The van der Waals surface area contributed by atoms with E-state index in [0.29, 0.717) is 11.8 Å². The van der Waals surface area contributed by atoms with Crippen LogP contribution in [0.2, 0.25) is 0 Å². The molecule has 4 aliphatic rings. The predicted molar refractivity (Wildman–Crippen MR) is 224 cm³/mol. The van der Waals surface area contributed by atoms with E-state index < -0.39 is 0 Å². The number of hydrogen-bond acceptors (Lipinski definition) is 3. The van der Waals surface area contributed by atoms with Crippen LogP contribution in [0.4, 0.5) is 0 Å². The summed E-state index contributed by atoms with van der Waals surface area (Å²) in [6, 6.07) is 55.6. The summed E-state index contributed by atoms with van der Waals surface area (Å²) in [5.74, 6) is 3.76. The summed E-state index contributed by atoms with van der Waals surface area (Å²) in [4.78, 5) is 15.3. The fourth-order valence-electron chi connectivity index (χ4n) is 11.7. The molecular weight excluding hydrogens is 669 g/mol. The topological polar surface area (TPSA) is 43.6 Å². The van der Waals surface area contributed by atoms with Crippen LogP contribution < -0.4 is 0 Å². The van der Waals surface area contributed by atoms with Crippen molar-refractivity contribution in [3.63, 3.8) is 0 Å². The molecule has 0 saturated heterocycles. The molecule has 9 aromatic rings. The Kier molecular flexibility index (Phi) is 6.78. The highest BCUT2D eigenvalue weighted by Crippen LogP contribution is 2.65. The molecule has 0 spiro atoms. The zero-order chi connectivity index (χ0) is 36.1. The van der Waals surface area contributed by atoms with E-state index in [2.05, 4.69) is 150 Å². The lowest BCUT2D eigenvalue weighted by atomic mass is 9.42. The van der Waals surface area contributed by atoms with E-state index >= 15 is 0 Å². The van der Waals surface area contributed by atoms with Crippen LogP contribution in [0, 0.1) is 23.7 Å².